The molecule has 3 rings (SSSR count). The third-order valence-corrected chi connectivity index (χ3v) is 3.24. The molecule has 0 aliphatic carbocycles. The van der Waals surface area contributed by atoms with Gasteiger partial charge in [0, 0.05) is 5.56 Å². The van der Waals surface area contributed by atoms with Crippen LogP contribution in [0.1, 0.15) is 30.3 Å². The third kappa shape index (κ3) is 1.82. The minimum absolute atomic E-state index is 0.180. The van der Waals surface area contributed by atoms with Gasteiger partial charge in [-0.15, -0.1) is 0 Å². The van der Waals surface area contributed by atoms with Crippen molar-refractivity contribution >= 4 is 11.0 Å². The fourth-order valence-electron chi connectivity index (χ4n) is 2.39. The van der Waals surface area contributed by atoms with Crippen molar-refractivity contribution in [3.8, 4) is 0 Å². The first-order valence-corrected chi connectivity index (χ1v) is 5.88. The van der Waals surface area contributed by atoms with Gasteiger partial charge in [0.2, 0.25) is 0 Å². The first-order valence-electron chi connectivity index (χ1n) is 5.88. The van der Waals surface area contributed by atoms with E-state index in [1.807, 2.05) is 18.2 Å². The Balaban J connectivity index is 2.05. The zero-order valence-corrected chi connectivity index (χ0v) is 9.44. The molecule has 0 spiro atoms. The van der Waals surface area contributed by atoms with Crippen molar-refractivity contribution in [1.82, 2.24) is 15.3 Å². The highest BCUT2D eigenvalue weighted by molar-refractivity contribution is 5.78. The second-order valence-corrected chi connectivity index (χ2v) is 4.37. The molecule has 1 fully saturated rings. The lowest BCUT2D eigenvalue weighted by molar-refractivity contribution is 0.614. The van der Waals surface area contributed by atoms with Crippen LogP contribution in [0.3, 0.4) is 0 Å². The number of hydrogen-bond donors (Lipinski definition) is 2. The smallest absolute Gasteiger partial charge is 0.124 e. The molecule has 1 atom stereocenters. The maximum absolute atomic E-state index is 10.4. The Morgan fingerprint density at radius 1 is 1.47 bits per heavy atom. The summed E-state index contributed by atoms with van der Waals surface area (Å²) in [6, 6.07) is 6.12. The van der Waals surface area contributed by atoms with E-state index in [-0.39, 0.29) is 6.54 Å². The van der Waals surface area contributed by atoms with E-state index >= 15 is 0 Å². The molecule has 1 aliphatic rings. The third-order valence-electron chi connectivity index (χ3n) is 3.24. The van der Waals surface area contributed by atoms with Crippen molar-refractivity contribution in [2.24, 2.45) is 5.18 Å². The fourth-order valence-corrected chi connectivity index (χ4v) is 2.39. The molecule has 1 aromatic carbocycles. The molecule has 1 aromatic heterocycles. The largest absolute Gasteiger partial charge is 0.341 e. The van der Waals surface area contributed by atoms with Gasteiger partial charge in [-0.3, -0.25) is 0 Å². The maximum atomic E-state index is 10.4. The molecule has 0 saturated carbocycles. The summed E-state index contributed by atoms with van der Waals surface area (Å²) in [6.45, 7) is 1.23. The number of rotatable bonds is 3. The molecule has 1 aliphatic heterocycles. The first kappa shape index (κ1) is 10.4. The molecular formula is C12H14N4O. The molecule has 0 bridgehead atoms. The number of aromatic nitrogens is 2. The molecule has 88 valence electrons. The Bertz CT molecular complexity index is 542. The van der Waals surface area contributed by atoms with Crippen LogP contribution in [0.5, 0.6) is 0 Å². The van der Waals surface area contributed by atoms with Crippen molar-refractivity contribution in [1.29, 1.82) is 0 Å². The Morgan fingerprint density at radius 2 is 2.41 bits per heavy atom. The SMILES string of the molecule is O=NCc1cccc2[nH]c(C3CCCN3)nc12. The van der Waals surface area contributed by atoms with E-state index in [9.17, 15) is 4.91 Å². The average Bonchev–Trinajstić information content (AvgIpc) is 2.98. The number of nitrogens with one attached hydrogen (secondary N) is 2. The highest BCUT2D eigenvalue weighted by atomic mass is 16.3. The van der Waals surface area contributed by atoms with Crippen LogP contribution in [-0.4, -0.2) is 16.5 Å². The number of hydrogen-bond acceptors (Lipinski definition) is 4. The Hall–Kier alpha value is -1.75. The van der Waals surface area contributed by atoms with Crippen LogP contribution >= 0.6 is 0 Å². The highest BCUT2D eigenvalue weighted by Crippen LogP contribution is 2.24. The van der Waals surface area contributed by atoms with Gasteiger partial charge in [-0.1, -0.05) is 17.3 Å². The molecule has 2 aromatic rings. The molecule has 2 heterocycles. The van der Waals surface area contributed by atoms with Crippen molar-refractivity contribution in [3.63, 3.8) is 0 Å². The van der Waals surface area contributed by atoms with Gasteiger partial charge in [0.1, 0.15) is 12.4 Å². The first-order chi connectivity index (χ1) is 8.38. The molecule has 0 amide bonds. The molecule has 1 saturated heterocycles. The van der Waals surface area contributed by atoms with E-state index in [0.29, 0.717) is 6.04 Å². The standard InChI is InChI=1S/C12H14N4O/c17-14-7-8-3-1-4-9-11(8)16-12(15-9)10-5-2-6-13-10/h1,3-4,10,13H,2,5-7H2,(H,15,16). The van der Waals surface area contributed by atoms with Gasteiger partial charge in [-0.2, -0.15) is 4.91 Å². The average molecular weight is 230 g/mol. The second kappa shape index (κ2) is 4.25. The number of fused-ring (bicyclic) bond motifs is 1. The van der Waals surface area contributed by atoms with E-state index in [4.69, 9.17) is 0 Å². The van der Waals surface area contributed by atoms with Crippen LogP contribution < -0.4 is 5.32 Å². The van der Waals surface area contributed by atoms with Gasteiger partial charge in [-0.05, 0) is 25.5 Å². The predicted molar refractivity (Wildman–Crippen MR) is 65.6 cm³/mol. The van der Waals surface area contributed by atoms with Crippen LogP contribution in [0.15, 0.2) is 23.4 Å². The molecule has 2 N–H and O–H groups in total. The van der Waals surface area contributed by atoms with Crippen LogP contribution in [0.2, 0.25) is 0 Å². The lowest BCUT2D eigenvalue weighted by Gasteiger charge is -2.04. The van der Waals surface area contributed by atoms with Gasteiger partial charge in [-0.25, -0.2) is 4.98 Å². The monoisotopic (exact) mass is 230 g/mol. The Morgan fingerprint density at radius 3 is 3.18 bits per heavy atom. The summed E-state index contributed by atoms with van der Waals surface area (Å²) < 4.78 is 0. The summed E-state index contributed by atoms with van der Waals surface area (Å²) in [5.41, 5.74) is 2.74. The van der Waals surface area contributed by atoms with Crippen LogP contribution in [0, 0.1) is 4.91 Å². The number of imidazole rings is 1. The van der Waals surface area contributed by atoms with Gasteiger partial charge in [0.25, 0.3) is 0 Å². The Labute approximate surface area is 98.6 Å². The van der Waals surface area contributed by atoms with E-state index in [1.165, 1.54) is 6.42 Å². The number of H-pyrrole nitrogens is 1. The van der Waals surface area contributed by atoms with E-state index in [1.54, 1.807) is 0 Å². The normalized spacial score (nSPS) is 19.9. The van der Waals surface area contributed by atoms with Crippen molar-refractivity contribution in [2.45, 2.75) is 25.4 Å². The summed E-state index contributed by atoms with van der Waals surface area (Å²) in [7, 11) is 0. The number of benzene rings is 1. The minimum Gasteiger partial charge on any atom is -0.341 e. The lowest BCUT2D eigenvalue weighted by atomic mass is 10.2. The molecule has 1 unspecified atom stereocenters. The topological polar surface area (TPSA) is 70.1 Å². The van der Waals surface area contributed by atoms with E-state index in [2.05, 4.69) is 20.5 Å². The summed E-state index contributed by atoms with van der Waals surface area (Å²) >= 11 is 0. The van der Waals surface area contributed by atoms with Gasteiger partial charge in [0.15, 0.2) is 0 Å². The zero-order chi connectivity index (χ0) is 11.7. The fraction of sp³-hybridized carbons (Fsp3) is 0.417. The van der Waals surface area contributed by atoms with Crippen LogP contribution in [0.25, 0.3) is 11.0 Å². The molecular weight excluding hydrogens is 216 g/mol. The number of para-hydroxylation sites is 1. The molecule has 5 heteroatoms. The number of nitroso groups, excluding NO2 is 1. The summed E-state index contributed by atoms with van der Waals surface area (Å²) in [6.07, 6.45) is 2.30. The highest BCUT2D eigenvalue weighted by Gasteiger charge is 2.20. The molecule has 5 nitrogen and oxygen atoms in total. The van der Waals surface area contributed by atoms with Gasteiger partial charge < -0.3 is 10.3 Å². The maximum Gasteiger partial charge on any atom is 0.124 e. The number of nitrogens with zero attached hydrogens (tertiary/aromatic N) is 2. The molecule has 17 heavy (non-hydrogen) atoms. The second-order valence-electron chi connectivity index (χ2n) is 4.37. The zero-order valence-electron chi connectivity index (χ0n) is 9.44. The van der Waals surface area contributed by atoms with Gasteiger partial charge in [0.05, 0.1) is 17.1 Å². The lowest BCUT2D eigenvalue weighted by Crippen LogP contribution is -2.14. The van der Waals surface area contributed by atoms with Crippen molar-refractivity contribution in [3.05, 3.63) is 34.5 Å². The molecule has 0 radical (unpaired) electrons. The minimum atomic E-state index is 0.180. The van der Waals surface area contributed by atoms with E-state index < -0.39 is 0 Å². The van der Waals surface area contributed by atoms with Crippen molar-refractivity contribution in [2.75, 3.05) is 6.54 Å². The summed E-state index contributed by atoms with van der Waals surface area (Å²) in [5, 5.41) is 6.35. The predicted octanol–water partition coefficient (Wildman–Crippen LogP) is 2.25. The quantitative estimate of drug-likeness (QED) is 0.794. The summed E-state index contributed by atoms with van der Waals surface area (Å²) in [5.74, 6) is 0.968. The van der Waals surface area contributed by atoms with E-state index in [0.717, 1.165) is 35.4 Å². The van der Waals surface area contributed by atoms with Crippen molar-refractivity contribution < 1.29 is 0 Å². The summed E-state index contributed by atoms with van der Waals surface area (Å²) in [4.78, 5) is 18.3. The Kier molecular flexibility index (Phi) is 2.60. The number of aromatic amines is 1. The van der Waals surface area contributed by atoms with Crippen LogP contribution in [0.4, 0.5) is 0 Å². The van der Waals surface area contributed by atoms with Gasteiger partial charge >= 0.3 is 0 Å². The van der Waals surface area contributed by atoms with Crippen LogP contribution in [-0.2, 0) is 6.54 Å².